The third-order valence-corrected chi connectivity index (χ3v) is 1.12. The molecule has 0 unspecified atom stereocenters. The molecule has 1 aromatic rings. The average Bonchev–Trinajstić information content (AvgIpc) is 2.60. The minimum absolute atomic E-state index is 0. The van der Waals surface area contributed by atoms with Gasteiger partial charge in [-0.3, -0.25) is 0 Å². The summed E-state index contributed by atoms with van der Waals surface area (Å²) >= 11 is 0. The number of nitrogens with zero attached hydrogens (tertiary/aromatic N) is 2. The monoisotopic (exact) mass is 241 g/mol. The van der Waals surface area contributed by atoms with Gasteiger partial charge in [-0.05, 0) is 13.4 Å². The van der Waals surface area contributed by atoms with Gasteiger partial charge in [0.1, 0.15) is 0 Å². The third-order valence-electron chi connectivity index (χ3n) is 1.12. The molecule has 0 saturated carbocycles. The molecule has 0 saturated heterocycles. The van der Waals surface area contributed by atoms with Crippen molar-refractivity contribution in [3.05, 3.63) is 32.6 Å². The molecule has 0 aromatic carbocycles. The molecule has 0 aliphatic carbocycles. The van der Waals surface area contributed by atoms with Gasteiger partial charge in [-0.1, -0.05) is 0 Å². The van der Waals surface area contributed by atoms with E-state index in [0.717, 1.165) is 13.1 Å². The van der Waals surface area contributed by atoms with Crippen LogP contribution in [0.4, 0.5) is 0 Å². The number of nitrogens with one attached hydrogen (secondary N) is 1. The summed E-state index contributed by atoms with van der Waals surface area (Å²) in [5.74, 6) is 0. The van der Waals surface area contributed by atoms with E-state index in [9.17, 15) is 0 Å². The second-order valence-electron chi connectivity index (χ2n) is 2.00. The van der Waals surface area contributed by atoms with Gasteiger partial charge >= 0.3 is 32.7 Å². The Morgan fingerprint density at radius 1 is 1.50 bits per heavy atom. The van der Waals surface area contributed by atoms with Crippen molar-refractivity contribution >= 4 is 0 Å². The van der Waals surface area contributed by atoms with E-state index in [-0.39, 0.29) is 32.7 Å². The summed E-state index contributed by atoms with van der Waals surface area (Å²) in [6.07, 6.45) is 5.83. The van der Waals surface area contributed by atoms with Crippen molar-refractivity contribution in [1.29, 1.82) is 0 Å². The summed E-state index contributed by atoms with van der Waals surface area (Å²) in [7, 11) is 1.99. The zero-order valence-electron chi connectivity index (χ0n) is 7.45. The van der Waals surface area contributed by atoms with Crippen LogP contribution in [0, 0.1) is 20.2 Å². The molecule has 0 aliphatic rings. The summed E-state index contributed by atoms with van der Waals surface area (Å²) in [5, 5.41) is 0. The van der Waals surface area contributed by atoms with Crippen LogP contribution in [0.3, 0.4) is 0 Å². The number of aromatic amines is 1. The van der Waals surface area contributed by atoms with Gasteiger partial charge in [0.15, 0.2) is 0 Å². The fourth-order valence-electron chi connectivity index (χ4n) is 0.298. The van der Waals surface area contributed by atoms with Gasteiger partial charge in [0.25, 0.3) is 0 Å². The first kappa shape index (κ1) is 14.8. The molecule has 0 spiro atoms. The molecular weight excluding hydrogens is 227 g/mol. The molecule has 3 nitrogen and oxygen atoms in total. The molecule has 1 rings (SSSR count). The van der Waals surface area contributed by atoms with Crippen molar-refractivity contribution < 1.29 is 32.7 Å². The predicted molar refractivity (Wildman–Crippen MR) is 45.6 cm³/mol. The predicted octanol–water partition coefficient (Wildman–Crippen LogP) is 0.794. The van der Waals surface area contributed by atoms with Gasteiger partial charge in [-0.2, -0.15) is 0 Å². The number of hydrogen-bond donors (Lipinski definition) is 1. The van der Waals surface area contributed by atoms with E-state index in [1.54, 1.807) is 12.4 Å². The maximum absolute atomic E-state index is 3.64. The zero-order chi connectivity index (χ0) is 8.53. The van der Waals surface area contributed by atoms with E-state index in [1.807, 2.05) is 11.9 Å². The number of hydrogen-bond acceptors (Lipinski definition) is 2. The van der Waals surface area contributed by atoms with Crippen LogP contribution >= 0.6 is 0 Å². The second kappa shape index (κ2) is 11.3. The van der Waals surface area contributed by atoms with E-state index >= 15 is 0 Å². The van der Waals surface area contributed by atoms with E-state index < -0.39 is 0 Å². The molecule has 12 heavy (non-hydrogen) atoms. The normalized spacial score (nSPS) is 8.33. The molecule has 0 fully saturated rings. The van der Waals surface area contributed by atoms with Gasteiger partial charge in [-0.15, -0.1) is 25.5 Å². The summed E-state index contributed by atoms with van der Waals surface area (Å²) < 4.78 is 0. The molecule has 1 N–H and O–H groups in total. The Morgan fingerprint density at radius 3 is 2.17 bits per heavy atom. The van der Waals surface area contributed by atoms with E-state index in [0.29, 0.717) is 0 Å². The molecule has 4 heteroatoms. The van der Waals surface area contributed by atoms with Crippen LogP contribution < -0.4 is 0 Å². The van der Waals surface area contributed by atoms with Gasteiger partial charge in [-0.25, -0.2) is 0 Å². The Hall–Kier alpha value is 0.274. The van der Waals surface area contributed by atoms with Crippen LogP contribution in [-0.4, -0.2) is 35.0 Å². The van der Waals surface area contributed by atoms with Crippen LogP contribution in [0.25, 0.3) is 0 Å². The average molecular weight is 241 g/mol. The first-order valence-electron chi connectivity index (χ1n) is 3.43. The van der Waals surface area contributed by atoms with Crippen LogP contribution in [0.5, 0.6) is 0 Å². The van der Waals surface area contributed by atoms with Gasteiger partial charge in [0.2, 0.25) is 0 Å². The van der Waals surface area contributed by atoms with Crippen molar-refractivity contribution in [2.45, 2.75) is 0 Å². The fraction of sp³-hybridized carbons (Fsp3) is 0.375. The minimum Gasteiger partial charge on any atom is -0.467 e. The molecule has 64 valence electrons. The Bertz CT molecular complexity index is 121. The van der Waals surface area contributed by atoms with Crippen molar-refractivity contribution in [2.24, 2.45) is 0 Å². The summed E-state index contributed by atoms with van der Waals surface area (Å²) in [4.78, 5) is 8.19. The largest absolute Gasteiger partial charge is 3.00 e. The smallest absolute Gasteiger partial charge is 0.467 e. The van der Waals surface area contributed by atoms with Gasteiger partial charge < -0.3 is 28.7 Å². The Morgan fingerprint density at radius 2 is 2.08 bits per heavy atom. The summed E-state index contributed by atoms with van der Waals surface area (Å²) in [6.45, 7) is 8.99. The molecule has 0 atom stereocenters. The molecule has 1 aromatic heterocycles. The molecule has 0 bridgehead atoms. The van der Waals surface area contributed by atoms with Crippen molar-refractivity contribution in [3.8, 4) is 0 Å². The molecule has 0 radical (unpaired) electrons. The fourth-order valence-corrected chi connectivity index (χ4v) is 0.298. The second-order valence-corrected chi connectivity index (χ2v) is 2.00. The zero-order valence-corrected chi connectivity index (χ0v) is 10.3. The van der Waals surface area contributed by atoms with E-state index in [2.05, 4.69) is 30.1 Å². The quantitative estimate of drug-likeness (QED) is 0.776. The topological polar surface area (TPSA) is 31.9 Å². The van der Waals surface area contributed by atoms with Crippen LogP contribution in [0.1, 0.15) is 0 Å². The van der Waals surface area contributed by atoms with Crippen LogP contribution in [-0.2, 0) is 32.7 Å². The van der Waals surface area contributed by atoms with Crippen molar-refractivity contribution in [3.63, 3.8) is 0 Å². The molecular formula is C8H14N3Y. The van der Waals surface area contributed by atoms with Crippen LogP contribution in [0.2, 0.25) is 0 Å². The van der Waals surface area contributed by atoms with Gasteiger partial charge in [0.05, 0.1) is 0 Å². The van der Waals surface area contributed by atoms with Gasteiger partial charge in [0, 0.05) is 0 Å². The number of H-pyrrole nitrogens is 1. The maximum Gasteiger partial charge on any atom is 3.00 e. The standard InChI is InChI=1S/C5H11N.C3H3N2.Y/c1-4-6(3)5-2;1-2-5-3-4-1;/h1-2,4-5H2,3H3;1-2H,(H,4,5);/q-2;-1;+3. The third kappa shape index (κ3) is 10.3. The first-order valence-corrected chi connectivity index (χ1v) is 3.43. The van der Waals surface area contributed by atoms with Crippen molar-refractivity contribution in [1.82, 2.24) is 14.9 Å². The molecule has 0 amide bonds. The first-order chi connectivity index (χ1) is 5.31. The molecule has 1 heterocycles. The summed E-state index contributed by atoms with van der Waals surface area (Å²) in [6, 6.07) is 0. The number of rotatable bonds is 2. The van der Waals surface area contributed by atoms with Crippen molar-refractivity contribution in [2.75, 3.05) is 20.1 Å². The Kier molecular flexibility index (Phi) is 13.9. The van der Waals surface area contributed by atoms with Crippen LogP contribution in [0.15, 0.2) is 12.4 Å². The SMILES string of the molecule is [CH2-]CN(C)C[CH2-].[Y+3].[c-]1ncc[nH]1. The number of imidazole rings is 1. The Balaban J connectivity index is 0. The van der Waals surface area contributed by atoms with E-state index in [4.69, 9.17) is 0 Å². The van der Waals surface area contributed by atoms with E-state index in [1.165, 1.54) is 0 Å². The number of aromatic nitrogens is 2. The Labute approximate surface area is 99.8 Å². The minimum atomic E-state index is 0. The molecule has 0 aliphatic heterocycles. The maximum atomic E-state index is 3.64. The summed E-state index contributed by atoms with van der Waals surface area (Å²) in [5.41, 5.74) is 0.